The number of benzene rings is 1. The van der Waals surface area contributed by atoms with Crippen molar-refractivity contribution >= 4 is 0 Å². The fourth-order valence-electron chi connectivity index (χ4n) is 4.02. The number of hydrogen-bond donors (Lipinski definition) is 1. The van der Waals surface area contributed by atoms with Crippen molar-refractivity contribution in [2.75, 3.05) is 13.3 Å². The van der Waals surface area contributed by atoms with E-state index < -0.39 is 0 Å². The molecule has 1 N–H and O–H groups in total. The van der Waals surface area contributed by atoms with Crippen molar-refractivity contribution in [2.45, 2.75) is 63.5 Å². The van der Waals surface area contributed by atoms with E-state index in [1.807, 2.05) is 6.07 Å². The van der Waals surface area contributed by atoms with Crippen LogP contribution in [0, 0.1) is 0 Å². The van der Waals surface area contributed by atoms with Crippen molar-refractivity contribution < 1.29 is 14.2 Å². The van der Waals surface area contributed by atoms with Gasteiger partial charge in [0.05, 0.1) is 0 Å². The second-order valence-electron chi connectivity index (χ2n) is 6.80. The van der Waals surface area contributed by atoms with Gasteiger partial charge in [0.15, 0.2) is 11.5 Å². The van der Waals surface area contributed by atoms with Crippen LogP contribution in [0.25, 0.3) is 0 Å². The molecular formula is C18H25NO3. The summed E-state index contributed by atoms with van der Waals surface area (Å²) in [5, 5.41) is 3.74. The van der Waals surface area contributed by atoms with Crippen LogP contribution in [0.3, 0.4) is 0 Å². The second-order valence-corrected chi connectivity index (χ2v) is 6.80. The highest BCUT2D eigenvalue weighted by Gasteiger charge is 2.43. The molecule has 1 spiro atoms. The Bertz CT molecular complexity index is 552. The summed E-state index contributed by atoms with van der Waals surface area (Å²) < 4.78 is 17.5. The number of ether oxygens (including phenoxy) is 3. The van der Waals surface area contributed by atoms with E-state index in [2.05, 4.69) is 18.3 Å². The first-order chi connectivity index (χ1) is 10.8. The van der Waals surface area contributed by atoms with Gasteiger partial charge in [-0.2, -0.15) is 0 Å². The van der Waals surface area contributed by atoms with E-state index in [1.54, 1.807) is 0 Å². The number of fused-ring (bicyclic) bond motifs is 2. The fraction of sp³-hybridized carbons (Fsp3) is 0.667. The molecule has 1 saturated carbocycles. The Morgan fingerprint density at radius 1 is 1.14 bits per heavy atom. The number of hydrogen-bond acceptors (Lipinski definition) is 4. The molecule has 1 unspecified atom stereocenters. The van der Waals surface area contributed by atoms with Gasteiger partial charge in [-0.05, 0) is 44.7 Å². The SMILES string of the molecule is CCCCNC1CC2(CCCC2)Oc2cc3c(cc21)OCO3. The molecule has 1 aromatic carbocycles. The molecule has 4 rings (SSSR count). The molecule has 4 nitrogen and oxygen atoms in total. The summed E-state index contributed by atoms with van der Waals surface area (Å²) >= 11 is 0. The Balaban J connectivity index is 1.65. The van der Waals surface area contributed by atoms with Gasteiger partial charge < -0.3 is 19.5 Å². The van der Waals surface area contributed by atoms with E-state index in [0.717, 1.165) is 30.2 Å². The molecule has 3 aliphatic rings. The van der Waals surface area contributed by atoms with Crippen LogP contribution in [0.2, 0.25) is 0 Å². The van der Waals surface area contributed by atoms with Crippen molar-refractivity contribution in [1.82, 2.24) is 5.32 Å². The number of rotatable bonds is 4. The van der Waals surface area contributed by atoms with Gasteiger partial charge in [0.2, 0.25) is 6.79 Å². The molecule has 1 fully saturated rings. The van der Waals surface area contributed by atoms with Gasteiger partial charge in [-0.25, -0.2) is 0 Å². The van der Waals surface area contributed by atoms with E-state index in [1.165, 1.54) is 44.1 Å². The van der Waals surface area contributed by atoms with Crippen LogP contribution in [0.1, 0.15) is 63.5 Å². The Morgan fingerprint density at radius 2 is 1.91 bits per heavy atom. The van der Waals surface area contributed by atoms with Gasteiger partial charge in [0.1, 0.15) is 11.4 Å². The lowest BCUT2D eigenvalue weighted by Crippen LogP contribution is -2.42. The lowest BCUT2D eigenvalue weighted by atomic mass is 9.85. The van der Waals surface area contributed by atoms with Crippen LogP contribution in [0.5, 0.6) is 17.2 Å². The standard InChI is InChI=1S/C18H25NO3/c1-2-3-8-19-14-11-18(6-4-5-7-18)22-15-10-17-16(9-13(14)15)20-12-21-17/h9-10,14,19H,2-8,11-12H2,1H3. The van der Waals surface area contributed by atoms with E-state index in [4.69, 9.17) is 14.2 Å². The number of nitrogens with one attached hydrogen (secondary N) is 1. The summed E-state index contributed by atoms with van der Waals surface area (Å²) in [5.74, 6) is 2.67. The minimum atomic E-state index is 0.0323. The van der Waals surface area contributed by atoms with Crippen LogP contribution in [-0.2, 0) is 0 Å². The Hall–Kier alpha value is -1.42. The first-order valence-electron chi connectivity index (χ1n) is 8.66. The van der Waals surface area contributed by atoms with Crippen molar-refractivity contribution in [3.63, 3.8) is 0 Å². The van der Waals surface area contributed by atoms with Crippen LogP contribution in [0.15, 0.2) is 12.1 Å². The zero-order valence-corrected chi connectivity index (χ0v) is 13.3. The van der Waals surface area contributed by atoms with E-state index in [-0.39, 0.29) is 5.60 Å². The first kappa shape index (κ1) is 14.2. The lowest BCUT2D eigenvalue weighted by Gasteiger charge is -2.40. The van der Waals surface area contributed by atoms with Crippen LogP contribution < -0.4 is 19.5 Å². The predicted molar refractivity (Wildman–Crippen MR) is 84.7 cm³/mol. The lowest BCUT2D eigenvalue weighted by molar-refractivity contribution is 0.0366. The topological polar surface area (TPSA) is 39.7 Å². The van der Waals surface area contributed by atoms with Crippen LogP contribution in [-0.4, -0.2) is 18.9 Å². The van der Waals surface area contributed by atoms with Gasteiger partial charge in [-0.15, -0.1) is 0 Å². The van der Waals surface area contributed by atoms with Gasteiger partial charge in [-0.3, -0.25) is 0 Å². The number of unbranched alkanes of at least 4 members (excludes halogenated alkanes) is 1. The zero-order chi connectivity index (χ0) is 15.0. The van der Waals surface area contributed by atoms with Crippen molar-refractivity contribution in [2.24, 2.45) is 0 Å². The third kappa shape index (κ3) is 2.43. The summed E-state index contributed by atoms with van der Waals surface area (Å²) in [6, 6.07) is 4.51. The monoisotopic (exact) mass is 303 g/mol. The normalized spacial score (nSPS) is 24.3. The van der Waals surface area contributed by atoms with Gasteiger partial charge in [0, 0.05) is 24.1 Å². The molecule has 0 radical (unpaired) electrons. The first-order valence-corrected chi connectivity index (χ1v) is 8.66. The third-order valence-corrected chi connectivity index (χ3v) is 5.22. The van der Waals surface area contributed by atoms with E-state index in [9.17, 15) is 0 Å². The molecule has 2 heterocycles. The smallest absolute Gasteiger partial charge is 0.231 e. The molecule has 1 aromatic rings. The van der Waals surface area contributed by atoms with Crippen LogP contribution >= 0.6 is 0 Å². The highest BCUT2D eigenvalue weighted by atomic mass is 16.7. The molecule has 1 aliphatic carbocycles. The summed E-state index contributed by atoms with van der Waals surface area (Å²) in [7, 11) is 0. The quantitative estimate of drug-likeness (QED) is 0.855. The summed E-state index contributed by atoms with van der Waals surface area (Å²) in [6.45, 7) is 3.61. The summed E-state index contributed by atoms with van der Waals surface area (Å²) in [4.78, 5) is 0. The fourth-order valence-corrected chi connectivity index (χ4v) is 4.02. The zero-order valence-electron chi connectivity index (χ0n) is 13.3. The highest BCUT2D eigenvalue weighted by molar-refractivity contribution is 5.54. The molecule has 22 heavy (non-hydrogen) atoms. The predicted octanol–water partition coefficient (Wildman–Crippen LogP) is 3.94. The van der Waals surface area contributed by atoms with Crippen molar-refractivity contribution in [3.05, 3.63) is 17.7 Å². The minimum absolute atomic E-state index is 0.0323. The Morgan fingerprint density at radius 3 is 2.68 bits per heavy atom. The molecule has 0 aromatic heterocycles. The molecular weight excluding hydrogens is 278 g/mol. The van der Waals surface area contributed by atoms with Crippen molar-refractivity contribution in [1.29, 1.82) is 0 Å². The van der Waals surface area contributed by atoms with E-state index in [0.29, 0.717) is 12.8 Å². The van der Waals surface area contributed by atoms with Gasteiger partial charge in [-0.1, -0.05) is 13.3 Å². The summed E-state index contributed by atoms with van der Waals surface area (Å²) in [6.07, 6.45) is 8.41. The maximum atomic E-state index is 6.47. The average molecular weight is 303 g/mol. The third-order valence-electron chi connectivity index (χ3n) is 5.22. The Labute approximate surface area is 132 Å². The second kappa shape index (κ2) is 5.65. The average Bonchev–Trinajstić information content (AvgIpc) is 3.15. The maximum Gasteiger partial charge on any atom is 0.231 e. The largest absolute Gasteiger partial charge is 0.487 e. The molecule has 120 valence electrons. The highest BCUT2D eigenvalue weighted by Crippen LogP contribution is 2.50. The molecule has 4 heteroatoms. The minimum Gasteiger partial charge on any atom is -0.487 e. The maximum absolute atomic E-state index is 6.47. The van der Waals surface area contributed by atoms with E-state index >= 15 is 0 Å². The van der Waals surface area contributed by atoms with Crippen molar-refractivity contribution in [3.8, 4) is 17.2 Å². The van der Waals surface area contributed by atoms with Gasteiger partial charge in [0.25, 0.3) is 0 Å². The Kier molecular flexibility index (Phi) is 3.65. The molecule has 1 atom stereocenters. The van der Waals surface area contributed by atoms with Gasteiger partial charge >= 0.3 is 0 Å². The molecule has 0 bridgehead atoms. The molecule has 0 saturated heterocycles. The molecule has 0 amide bonds. The molecule has 2 aliphatic heterocycles. The summed E-state index contributed by atoms with van der Waals surface area (Å²) in [5.41, 5.74) is 1.27. The van der Waals surface area contributed by atoms with Crippen LogP contribution in [0.4, 0.5) is 0 Å².